The molecule has 0 radical (unpaired) electrons. The van der Waals surface area contributed by atoms with Crippen LogP contribution in [0, 0.1) is 18.2 Å². The second-order valence-electron chi connectivity index (χ2n) is 10.0. The van der Waals surface area contributed by atoms with Gasteiger partial charge < -0.3 is 35.2 Å². The minimum absolute atomic E-state index is 0.0833. The number of carbonyl (C=O) groups excluding carboxylic acids is 1. The highest BCUT2D eigenvalue weighted by molar-refractivity contribution is 5.88. The van der Waals surface area contributed by atoms with Gasteiger partial charge in [-0.2, -0.15) is 0 Å². The molecule has 0 aromatic heterocycles. The van der Waals surface area contributed by atoms with Crippen LogP contribution in [0.5, 0.6) is 11.5 Å². The average Bonchev–Trinajstić information content (AvgIpc) is 2.93. The van der Waals surface area contributed by atoms with Crippen molar-refractivity contribution in [1.29, 1.82) is 0 Å². The van der Waals surface area contributed by atoms with E-state index in [0.29, 0.717) is 11.5 Å². The van der Waals surface area contributed by atoms with E-state index in [-0.39, 0.29) is 18.3 Å². The number of benzene rings is 2. The zero-order valence-electron chi connectivity index (χ0n) is 23.8. The van der Waals surface area contributed by atoms with Gasteiger partial charge in [-0.15, -0.1) is 6.42 Å². The maximum Gasteiger partial charge on any atom is 0.336 e. The summed E-state index contributed by atoms with van der Waals surface area (Å²) in [7, 11) is 1.60. The first-order valence-electron chi connectivity index (χ1n) is 13.1. The molecule has 2 aromatic carbocycles. The van der Waals surface area contributed by atoms with Crippen molar-refractivity contribution in [1.82, 2.24) is 10.2 Å². The lowest BCUT2D eigenvalue weighted by Gasteiger charge is -2.42. The number of aliphatic hydroxyl groups is 1. The molecule has 2 aromatic rings. The van der Waals surface area contributed by atoms with E-state index in [1.165, 1.54) is 19.1 Å². The lowest BCUT2D eigenvalue weighted by atomic mass is 9.80. The summed E-state index contributed by atoms with van der Waals surface area (Å²) in [5.41, 5.74) is -1.16. The SMILES string of the molecule is C#CCOc1ccc(CN2CCC(NC(C)=O)(c3ccc(F)cc3)CC2)cc1OC.O=C(O)CC(O)(CC(=O)O)C(=O)O. The van der Waals surface area contributed by atoms with Crippen molar-refractivity contribution >= 4 is 23.8 Å². The van der Waals surface area contributed by atoms with E-state index in [1.54, 1.807) is 19.2 Å². The van der Waals surface area contributed by atoms with Gasteiger partial charge in [0.2, 0.25) is 5.91 Å². The molecule has 13 heteroatoms. The van der Waals surface area contributed by atoms with Gasteiger partial charge >= 0.3 is 17.9 Å². The van der Waals surface area contributed by atoms with Gasteiger partial charge in [0.1, 0.15) is 12.4 Å². The molecule has 0 saturated carbocycles. The highest BCUT2D eigenvalue weighted by Crippen LogP contribution is 2.34. The van der Waals surface area contributed by atoms with Crippen LogP contribution in [-0.2, 0) is 31.3 Å². The van der Waals surface area contributed by atoms with Crippen molar-refractivity contribution in [3.8, 4) is 23.8 Å². The van der Waals surface area contributed by atoms with E-state index >= 15 is 0 Å². The molecular formula is C30H35FN2O10. The summed E-state index contributed by atoms with van der Waals surface area (Å²) in [4.78, 5) is 44.7. The lowest BCUT2D eigenvalue weighted by Crippen LogP contribution is -2.52. The largest absolute Gasteiger partial charge is 0.493 e. The summed E-state index contributed by atoms with van der Waals surface area (Å²) in [5.74, 6) is -1.66. The number of terminal acetylenes is 1. The fraction of sp³-hybridized carbons (Fsp3) is 0.400. The van der Waals surface area contributed by atoms with Crippen LogP contribution in [0.2, 0.25) is 0 Å². The zero-order valence-corrected chi connectivity index (χ0v) is 23.8. The van der Waals surface area contributed by atoms with Crippen LogP contribution in [0.15, 0.2) is 42.5 Å². The average molecular weight is 603 g/mol. The van der Waals surface area contributed by atoms with Gasteiger partial charge in [-0.1, -0.05) is 24.1 Å². The predicted molar refractivity (Wildman–Crippen MR) is 151 cm³/mol. The molecule has 3 rings (SSSR count). The molecule has 0 atom stereocenters. The van der Waals surface area contributed by atoms with Crippen LogP contribution in [0.4, 0.5) is 4.39 Å². The third-order valence-corrected chi connectivity index (χ3v) is 6.75. The Bertz CT molecular complexity index is 1320. The smallest absolute Gasteiger partial charge is 0.336 e. The Labute approximate surface area is 248 Å². The van der Waals surface area contributed by atoms with Gasteiger partial charge in [-0.05, 0) is 48.2 Å². The van der Waals surface area contributed by atoms with Gasteiger partial charge in [0, 0.05) is 26.6 Å². The summed E-state index contributed by atoms with van der Waals surface area (Å²) in [6.45, 7) is 4.07. The standard InChI is InChI=1S/C24H27FN2O3.C6H8O7/c1-4-15-30-22-10-5-19(16-23(22)29-3)17-27-13-11-24(12-14-27,26-18(2)28)20-6-8-21(25)9-7-20;7-3(8)1-6(13,5(11)12)2-4(9)10/h1,5-10,16H,11-15,17H2,2-3H3,(H,26,28);13H,1-2H2,(H,7,8)(H,9,10)(H,11,12). The minimum Gasteiger partial charge on any atom is -0.493 e. The summed E-state index contributed by atoms with van der Waals surface area (Å²) >= 11 is 0. The molecular weight excluding hydrogens is 567 g/mol. The van der Waals surface area contributed by atoms with E-state index in [4.69, 9.17) is 36.3 Å². The molecule has 12 nitrogen and oxygen atoms in total. The Kier molecular flexibility index (Phi) is 12.5. The monoisotopic (exact) mass is 602 g/mol. The first-order valence-corrected chi connectivity index (χ1v) is 13.1. The molecule has 1 aliphatic rings. The third kappa shape index (κ3) is 10.3. The van der Waals surface area contributed by atoms with Crippen molar-refractivity contribution < 1.29 is 53.5 Å². The molecule has 1 amide bonds. The quantitative estimate of drug-likeness (QED) is 0.225. The predicted octanol–water partition coefficient (Wildman–Crippen LogP) is 2.23. The number of likely N-dealkylation sites (tertiary alicyclic amines) is 1. The van der Waals surface area contributed by atoms with E-state index in [0.717, 1.165) is 43.6 Å². The number of ether oxygens (including phenoxy) is 2. The second-order valence-corrected chi connectivity index (χ2v) is 10.0. The Balaban J connectivity index is 0.000000420. The maximum absolute atomic E-state index is 13.4. The number of methoxy groups -OCH3 is 1. The molecule has 1 fully saturated rings. The van der Waals surface area contributed by atoms with Crippen LogP contribution in [-0.4, -0.2) is 81.5 Å². The summed E-state index contributed by atoms with van der Waals surface area (Å²) in [6.07, 6.45) is 4.46. The second kappa shape index (κ2) is 15.5. The number of nitrogens with zero attached hydrogens (tertiary/aromatic N) is 1. The van der Waals surface area contributed by atoms with Crippen LogP contribution >= 0.6 is 0 Å². The number of carboxylic acid groups (broad SMARTS) is 3. The number of carboxylic acids is 3. The van der Waals surface area contributed by atoms with Crippen LogP contribution in [0.1, 0.15) is 43.7 Å². The van der Waals surface area contributed by atoms with Crippen LogP contribution < -0.4 is 14.8 Å². The summed E-state index contributed by atoms with van der Waals surface area (Å²) in [5, 5.41) is 36.9. The van der Waals surface area contributed by atoms with Gasteiger partial charge in [-0.3, -0.25) is 19.3 Å². The van der Waals surface area contributed by atoms with Gasteiger partial charge in [0.25, 0.3) is 0 Å². The van der Waals surface area contributed by atoms with E-state index in [9.17, 15) is 23.6 Å². The number of piperidine rings is 1. The molecule has 232 valence electrons. The zero-order chi connectivity index (χ0) is 32.2. The number of amides is 1. The van der Waals surface area contributed by atoms with Gasteiger partial charge in [0.15, 0.2) is 17.1 Å². The van der Waals surface area contributed by atoms with E-state index in [2.05, 4.69) is 16.1 Å². The number of hydrogen-bond acceptors (Lipinski definition) is 8. The number of nitrogens with one attached hydrogen (secondary N) is 1. The summed E-state index contributed by atoms with van der Waals surface area (Å²) in [6, 6.07) is 12.3. The number of carbonyl (C=O) groups is 4. The lowest BCUT2D eigenvalue weighted by molar-refractivity contribution is -0.170. The Hall–Kier alpha value is -4.67. The van der Waals surface area contributed by atoms with Crippen molar-refractivity contribution in [2.75, 3.05) is 26.8 Å². The maximum atomic E-state index is 13.4. The highest BCUT2D eigenvalue weighted by atomic mass is 19.1. The summed E-state index contributed by atoms with van der Waals surface area (Å²) < 4.78 is 24.3. The number of rotatable bonds is 12. The molecule has 43 heavy (non-hydrogen) atoms. The normalized spacial score (nSPS) is 14.3. The van der Waals surface area contributed by atoms with Gasteiger partial charge in [0.05, 0.1) is 25.5 Å². The fourth-order valence-electron chi connectivity index (χ4n) is 4.71. The number of halogens is 1. The third-order valence-electron chi connectivity index (χ3n) is 6.75. The molecule has 1 heterocycles. The molecule has 1 saturated heterocycles. The fourth-order valence-corrected chi connectivity index (χ4v) is 4.71. The topological polar surface area (TPSA) is 183 Å². The Morgan fingerprint density at radius 1 is 1.02 bits per heavy atom. The molecule has 0 aliphatic carbocycles. The molecule has 0 bridgehead atoms. The first kappa shape index (κ1) is 34.5. The molecule has 0 spiro atoms. The Morgan fingerprint density at radius 3 is 2.07 bits per heavy atom. The van der Waals surface area contributed by atoms with Crippen LogP contribution in [0.3, 0.4) is 0 Å². The first-order chi connectivity index (χ1) is 20.2. The minimum atomic E-state index is -2.74. The Morgan fingerprint density at radius 2 is 1.60 bits per heavy atom. The van der Waals surface area contributed by atoms with Crippen molar-refractivity contribution in [2.24, 2.45) is 0 Å². The molecule has 0 unspecified atom stereocenters. The van der Waals surface area contributed by atoms with Crippen molar-refractivity contribution in [3.63, 3.8) is 0 Å². The highest BCUT2D eigenvalue weighted by Gasteiger charge is 2.41. The number of hydrogen-bond donors (Lipinski definition) is 5. The van der Waals surface area contributed by atoms with E-state index < -0.39 is 41.9 Å². The molecule has 1 aliphatic heterocycles. The van der Waals surface area contributed by atoms with Crippen molar-refractivity contribution in [3.05, 3.63) is 59.4 Å². The van der Waals surface area contributed by atoms with Crippen LogP contribution in [0.25, 0.3) is 0 Å². The van der Waals surface area contributed by atoms with Crippen molar-refractivity contribution in [2.45, 2.75) is 50.3 Å². The van der Waals surface area contributed by atoms with Gasteiger partial charge in [-0.25, -0.2) is 9.18 Å². The number of aliphatic carboxylic acids is 3. The molecule has 5 N–H and O–H groups in total. The van der Waals surface area contributed by atoms with E-state index in [1.807, 2.05) is 18.2 Å².